The topological polar surface area (TPSA) is 114 Å². The van der Waals surface area contributed by atoms with E-state index in [0.29, 0.717) is 23.7 Å². The second-order valence-electron chi connectivity index (χ2n) is 7.07. The van der Waals surface area contributed by atoms with Crippen LogP contribution in [-0.2, 0) is 17.8 Å². The van der Waals surface area contributed by atoms with Gasteiger partial charge in [-0.05, 0) is 25.0 Å². The molecule has 0 radical (unpaired) electrons. The fourth-order valence-corrected chi connectivity index (χ4v) is 3.72. The zero-order valence-electron chi connectivity index (χ0n) is 15.6. The van der Waals surface area contributed by atoms with E-state index in [1.165, 1.54) is 21.9 Å². The Labute approximate surface area is 170 Å². The Morgan fingerprint density at radius 2 is 2.21 bits per heavy atom. The van der Waals surface area contributed by atoms with Crippen LogP contribution in [0.1, 0.15) is 39.8 Å². The Bertz CT molecular complexity index is 1040. The average Bonchev–Trinajstić information content (AvgIpc) is 2.69. The van der Waals surface area contributed by atoms with Crippen molar-refractivity contribution in [3.63, 3.8) is 0 Å². The van der Waals surface area contributed by atoms with Crippen LogP contribution in [0.5, 0.6) is 5.75 Å². The van der Waals surface area contributed by atoms with Gasteiger partial charge in [-0.3, -0.25) is 14.4 Å². The van der Waals surface area contributed by atoms with Crippen LogP contribution in [0.2, 0.25) is 5.15 Å². The van der Waals surface area contributed by atoms with Gasteiger partial charge in [0.15, 0.2) is 17.7 Å². The van der Waals surface area contributed by atoms with Crippen LogP contribution in [0, 0.1) is 0 Å². The summed E-state index contributed by atoms with van der Waals surface area (Å²) in [5, 5.41) is 13.4. The molecule has 9 nitrogen and oxygen atoms in total. The number of pyridine rings is 2. The molecule has 2 aliphatic heterocycles. The average molecular weight is 419 g/mol. The highest BCUT2D eigenvalue weighted by molar-refractivity contribution is 6.29. The first kappa shape index (κ1) is 19.4. The third-order valence-corrected chi connectivity index (χ3v) is 5.39. The van der Waals surface area contributed by atoms with Gasteiger partial charge in [0.25, 0.3) is 11.8 Å². The second-order valence-corrected chi connectivity index (χ2v) is 7.46. The molecule has 1 unspecified atom stereocenters. The van der Waals surface area contributed by atoms with Crippen molar-refractivity contribution >= 4 is 23.4 Å². The van der Waals surface area contributed by atoms with Gasteiger partial charge in [0.05, 0.1) is 13.2 Å². The summed E-state index contributed by atoms with van der Waals surface area (Å²) in [6, 6.07) is 3.22. The Hall–Kier alpha value is -2.91. The summed E-state index contributed by atoms with van der Waals surface area (Å²) in [5.41, 5.74) is -0.568. The fourth-order valence-electron chi connectivity index (χ4n) is 3.61. The molecule has 29 heavy (non-hydrogen) atoms. The summed E-state index contributed by atoms with van der Waals surface area (Å²) in [4.78, 5) is 43.4. The highest BCUT2D eigenvalue weighted by Gasteiger charge is 2.40. The van der Waals surface area contributed by atoms with Crippen LogP contribution in [0.15, 0.2) is 29.3 Å². The predicted molar refractivity (Wildman–Crippen MR) is 103 cm³/mol. The van der Waals surface area contributed by atoms with Gasteiger partial charge in [-0.15, -0.1) is 0 Å². The third-order valence-electron chi connectivity index (χ3n) is 5.16. The largest absolute Gasteiger partial charge is 0.503 e. The van der Waals surface area contributed by atoms with Crippen LogP contribution in [0.25, 0.3) is 0 Å². The number of ether oxygens (including phenoxy) is 1. The lowest BCUT2D eigenvalue weighted by Gasteiger charge is -2.44. The summed E-state index contributed by atoms with van der Waals surface area (Å²) in [7, 11) is 0. The van der Waals surface area contributed by atoms with Crippen molar-refractivity contribution in [1.29, 1.82) is 0 Å². The van der Waals surface area contributed by atoms with E-state index in [1.807, 2.05) is 6.92 Å². The van der Waals surface area contributed by atoms with Gasteiger partial charge < -0.3 is 24.6 Å². The van der Waals surface area contributed by atoms with E-state index in [2.05, 4.69) is 10.3 Å². The van der Waals surface area contributed by atoms with Crippen LogP contribution in [0.4, 0.5) is 0 Å². The van der Waals surface area contributed by atoms with Crippen molar-refractivity contribution in [3.05, 3.63) is 56.7 Å². The van der Waals surface area contributed by atoms with Crippen LogP contribution in [0.3, 0.4) is 0 Å². The van der Waals surface area contributed by atoms with Crippen molar-refractivity contribution in [2.45, 2.75) is 38.7 Å². The number of amides is 2. The molecule has 2 aromatic rings. The molecule has 0 saturated carbocycles. The predicted octanol–water partition coefficient (Wildman–Crippen LogP) is 1.12. The molecule has 1 fully saturated rings. The minimum atomic E-state index is -0.889. The molecule has 4 rings (SSSR count). The monoisotopic (exact) mass is 418 g/mol. The standard InChI is InChI=1S/C19H19ClN4O5/c1-10-4-5-29-14-9-23-8-12(16(25)17(26)15(23)19(28)24(10)14)18(27)22-7-11-2-3-13(20)21-6-11/h2-3,6,8,10,14,26H,4-5,7,9H2,1H3,(H,22,27)/t10-,14?/m1/s1. The SMILES string of the molecule is C[C@@H]1CCOC2Cn3cc(C(=O)NCc4ccc(Cl)nc4)c(=O)c(O)c3C(=O)N21. The van der Waals surface area contributed by atoms with Crippen LogP contribution in [-0.4, -0.2) is 50.2 Å². The van der Waals surface area contributed by atoms with Gasteiger partial charge in [-0.1, -0.05) is 17.7 Å². The molecule has 2 aliphatic rings. The van der Waals surface area contributed by atoms with Crippen molar-refractivity contribution in [2.24, 2.45) is 0 Å². The minimum Gasteiger partial charge on any atom is -0.503 e. The molecule has 4 heterocycles. The quantitative estimate of drug-likeness (QED) is 0.722. The smallest absolute Gasteiger partial charge is 0.276 e. The molecular weight excluding hydrogens is 400 g/mol. The summed E-state index contributed by atoms with van der Waals surface area (Å²) >= 11 is 5.73. The first-order chi connectivity index (χ1) is 13.9. The van der Waals surface area contributed by atoms with Gasteiger partial charge in [-0.2, -0.15) is 0 Å². The Kier molecular flexibility index (Phi) is 5.01. The molecule has 0 aliphatic carbocycles. The molecule has 2 atom stereocenters. The van der Waals surface area contributed by atoms with Gasteiger partial charge in [-0.25, -0.2) is 4.98 Å². The van der Waals surface area contributed by atoms with E-state index >= 15 is 0 Å². The summed E-state index contributed by atoms with van der Waals surface area (Å²) in [6.07, 6.45) is 2.98. The number of aromatic nitrogens is 2. The second kappa shape index (κ2) is 7.49. The lowest BCUT2D eigenvalue weighted by atomic mass is 10.1. The normalized spacial score (nSPS) is 20.8. The zero-order chi connectivity index (χ0) is 20.7. The van der Waals surface area contributed by atoms with E-state index in [-0.39, 0.29) is 30.4 Å². The number of fused-ring (bicyclic) bond motifs is 2. The Balaban J connectivity index is 1.62. The zero-order valence-corrected chi connectivity index (χ0v) is 16.3. The third kappa shape index (κ3) is 3.47. The maximum Gasteiger partial charge on any atom is 0.276 e. The molecule has 0 bridgehead atoms. The minimum absolute atomic E-state index is 0.0690. The molecule has 0 aromatic carbocycles. The van der Waals surface area contributed by atoms with E-state index in [4.69, 9.17) is 16.3 Å². The number of halogens is 1. The fraction of sp³-hybridized carbons (Fsp3) is 0.368. The van der Waals surface area contributed by atoms with Crippen LogP contribution >= 0.6 is 11.6 Å². The van der Waals surface area contributed by atoms with Crippen molar-refractivity contribution in [2.75, 3.05) is 6.61 Å². The molecule has 0 spiro atoms. The lowest BCUT2D eigenvalue weighted by Crippen LogP contribution is -2.57. The number of rotatable bonds is 3. The lowest BCUT2D eigenvalue weighted by molar-refractivity contribution is -0.112. The molecule has 152 valence electrons. The highest BCUT2D eigenvalue weighted by Crippen LogP contribution is 2.29. The van der Waals surface area contributed by atoms with E-state index < -0.39 is 29.2 Å². The number of nitrogens with one attached hydrogen (secondary N) is 1. The van der Waals surface area contributed by atoms with Gasteiger partial charge >= 0.3 is 0 Å². The maximum absolute atomic E-state index is 12.9. The summed E-state index contributed by atoms with van der Waals surface area (Å²) < 4.78 is 7.08. The van der Waals surface area contributed by atoms with Crippen molar-refractivity contribution in [3.8, 4) is 5.75 Å². The highest BCUT2D eigenvalue weighted by atomic mass is 35.5. The number of aromatic hydroxyl groups is 1. The molecule has 10 heteroatoms. The molecule has 2 aromatic heterocycles. The van der Waals surface area contributed by atoms with Crippen molar-refractivity contribution in [1.82, 2.24) is 19.8 Å². The molecule has 2 N–H and O–H groups in total. The Morgan fingerprint density at radius 3 is 2.93 bits per heavy atom. The van der Waals surface area contributed by atoms with E-state index in [0.717, 1.165) is 0 Å². The van der Waals surface area contributed by atoms with Crippen LogP contribution < -0.4 is 10.7 Å². The Morgan fingerprint density at radius 1 is 1.41 bits per heavy atom. The number of hydrogen-bond donors (Lipinski definition) is 2. The van der Waals surface area contributed by atoms with Crippen molar-refractivity contribution < 1.29 is 19.4 Å². The summed E-state index contributed by atoms with van der Waals surface area (Å²) in [5.74, 6) is -1.88. The van der Waals surface area contributed by atoms with Gasteiger partial charge in [0.1, 0.15) is 10.7 Å². The molecular formula is C19H19ClN4O5. The first-order valence-electron chi connectivity index (χ1n) is 9.16. The molecule has 1 saturated heterocycles. The van der Waals surface area contributed by atoms with Gasteiger partial charge in [0, 0.05) is 25.0 Å². The maximum atomic E-state index is 12.9. The summed E-state index contributed by atoms with van der Waals surface area (Å²) in [6.45, 7) is 2.76. The number of carbonyl (C=O) groups is 2. The number of nitrogens with zero attached hydrogens (tertiary/aromatic N) is 3. The first-order valence-corrected chi connectivity index (χ1v) is 9.54. The van der Waals surface area contributed by atoms with E-state index in [1.54, 1.807) is 12.1 Å². The molecule has 2 amide bonds. The van der Waals surface area contributed by atoms with Gasteiger partial charge in [0.2, 0.25) is 5.43 Å². The number of hydrogen-bond acceptors (Lipinski definition) is 6. The van der Waals surface area contributed by atoms with E-state index in [9.17, 15) is 19.5 Å². The number of carbonyl (C=O) groups excluding carboxylic acids is 2.